The van der Waals surface area contributed by atoms with Gasteiger partial charge < -0.3 is 47.4 Å². The Balaban J connectivity index is 1.36. The van der Waals surface area contributed by atoms with Crippen LogP contribution in [0.5, 0.6) is 0 Å². The van der Waals surface area contributed by atoms with Gasteiger partial charge in [0, 0.05) is 26.9 Å². The van der Waals surface area contributed by atoms with E-state index in [2.05, 4.69) is 45.0 Å². The van der Waals surface area contributed by atoms with Crippen molar-refractivity contribution in [2.24, 2.45) is 0 Å². The average Bonchev–Trinajstić information content (AvgIpc) is 3.13. The highest BCUT2D eigenvalue weighted by molar-refractivity contribution is 6.99. The summed E-state index contributed by atoms with van der Waals surface area (Å²) < 4.78 is 70.3. The highest BCUT2D eigenvalue weighted by Gasteiger charge is 2.58. The Hall–Kier alpha value is -2.59. The van der Waals surface area contributed by atoms with Crippen LogP contribution in [-0.2, 0) is 42.3 Å². The lowest BCUT2D eigenvalue weighted by molar-refractivity contribution is -0.365. The van der Waals surface area contributed by atoms with Crippen molar-refractivity contribution in [3.8, 4) is 0 Å². The smallest absolute Gasteiger partial charge is 0.261 e. The summed E-state index contributed by atoms with van der Waals surface area (Å²) in [6.45, 7) is 6.51. The first kappa shape index (κ1) is 37.2. The van der Waals surface area contributed by atoms with E-state index in [1.165, 1.54) is 21.3 Å². The summed E-state index contributed by atoms with van der Waals surface area (Å²) in [7, 11) is 1.13. The van der Waals surface area contributed by atoms with Gasteiger partial charge in [0.25, 0.3) is 8.32 Å². The van der Waals surface area contributed by atoms with Crippen LogP contribution in [0.3, 0.4) is 0 Å². The normalized spacial score (nSPS) is 33.5. The fourth-order valence-electron chi connectivity index (χ4n) is 7.50. The largest absolute Gasteiger partial charge is 0.399 e. The molecule has 0 saturated carbocycles. The van der Waals surface area contributed by atoms with Crippen molar-refractivity contribution < 1.29 is 51.8 Å². The molecule has 0 bridgehead atoms. The Labute approximate surface area is 294 Å². The first-order chi connectivity index (χ1) is 24.1. The number of aliphatic hydroxyl groups is 1. The van der Waals surface area contributed by atoms with Gasteiger partial charge in [-0.05, 0) is 15.4 Å². The zero-order valence-corrected chi connectivity index (χ0v) is 30.4. The number of rotatable bonds is 11. The Bertz CT molecular complexity index is 1440. The van der Waals surface area contributed by atoms with Crippen LogP contribution in [0.4, 0.5) is 4.39 Å². The second-order valence-electron chi connectivity index (χ2n) is 13.9. The summed E-state index contributed by atoms with van der Waals surface area (Å²) in [6, 6.07) is 30.0. The van der Waals surface area contributed by atoms with Gasteiger partial charge in [0.2, 0.25) is 6.36 Å². The Morgan fingerprint density at radius 2 is 1.30 bits per heavy atom. The molecule has 3 aliphatic heterocycles. The van der Waals surface area contributed by atoms with Crippen molar-refractivity contribution in [3.63, 3.8) is 0 Å². The van der Waals surface area contributed by atoms with E-state index in [9.17, 15) is 5.11 Å². The summed E-state index contributed by atoms with van der Waals surface area (Å²) in [4.78, 5) is 0. The summed E-state index contributed by atoms with van der Waals surface area (Å²) in [5.41, 5.74) is 0.839. The molecule has 3 aliphatic rings. The van der Waals surface area contributed by atoms with E-state index in [0.29, 0.717) is 0 Å². The number of methoxy groups -OCH3 is 3. The second kappa shape index (κ2) is 16.0. The molecule has 3 heterocycles. The maximum absolute atomic E-state index is 15.1. The van der Waals surface area contributed by atoms with Crippen molar-refractivity contribution in [3.05, 3.63) is 96.6 Å². The van der Waals surface area contributed by atoms with Gasteiger partial charge in [-0.1, -0.05) is 112 Å². The van der Waals surface area contributed by atoms with Gasteiger partial charge in [0.15, 0.2) is 12.6 Å². The zero-order valence-electron chi connectivity index (χ0n) is 29.4. The summed E-state index contributed by atoms with van der Waals surface area (Å²) >= 11 is 0. The van der Waals surface area contributed by atoms with Gasteiger partial charge in [0.1, 0.15) is 48.8 Å². The third-order valence-electron chi connectivity index (χ3n) is 9.93. The lowest BCUT2D eigenvalue weighted by atomic mass is 9.97. The molecular weight excluding hydrogens is 663 g/mol. The van der Waals surface area contributed by atoms with Gasteiger partial charge in [0.05, 0.1) is 13.2 Å². The Kier molecular flexibility index (Phi) is 11.9. The fraction of sp³-hybridized carbons (Fsp3) is 0.526. The highest BCUT2D eigenvalue weighted by Crippen LogP contribution is 2.42. The van der Waals surface area contributed by atoms with Gasteiger partial charge in [-0.2, -0.15) is 0 Å². The van der Waals surface area contributed by atoms with Crippen LogP contribution in [0.15, 0.2) is 91.0 Å². The topological polar surface area (TPSA) is 103 Å². The molecule has 1 unspecified atom stereocenters. The van der Waals surface area contributed by atoms with Crippen LogP contribution in [0.1, 0.15) is 32.6 Å². The number of alkyl halides is 1. The standard InChI is InChI=1S/C38H49FO10Si/c1-38(2,3)50(25-18-12-8-13-19-25,26-20-14-9-15-21-26)49-32-29(40)37(45-22-27-30(41-4)33(42-5)34(43-6)35(39)46-27)47-28-23-44-36(48-31(28)32)24-16-10-7-11-17-24/h7-21,27-37,40H,22-23H2,1-6H3/t27-,28-,29-,30-,31-,32-,33+,34-,35+,36?,37+/m1/s1. The minimum Gasteiger partial charge on any atom is -0.399 e. The molecule has 0 aromatic heterocycles. The molecule has 6 rings (SSSR count). The molecule has 3 aromatic rings. The molecule has 0 radical (unpaired) electrons. The maximum atomic E-state index is 15.1. The van der Waals surface area contributed by atoms with Crippen LogP contribution in [0.25, 0.3) is 0 Å². The molecule has 3 aromatic carbocycles. The second-order valence-corrected chi connectivity index (χ2v) is 18.2. The average molecular weight is 713 g/mol. The molecule has 50 heavy (non-hydrogen) atoms. The first-order valence-corrected chi connectivity index (χ1v) is 19.0. The molecular formula is C38H49FO10Si. The molecule has 12 heteroatoms. The molecule has 11 atom stereocenters. The quantitative estimate of drug-likeness (QED) is 0.295. The van der Waals surface area contributed by atoms with Crippen molar-refractivity contribution in [1.29, 1.82) is 0 Å². The van der Waals surface area contributed by atoms with E-state index in [4.69, 9.17) is 42.3 Å². The molecule has 3 saturated heterocycles. The molecule has 272 valence electrons. The van der Waals surface area contributed by atoms with Crippen molar-refractivity contribution >= 4 is 18.7 Å². The lowest BCUT2D eigenvalue weighted by Gasteiger charge is -2.52. The predicted octanol–water partition coefficient (Wildman–Crippen LogP) is 3.89. The summed E-state index contributed by atoms with van der Waals surface area (Å²) in [6.07, 6.45) is -10.6. The van der Waals surface area contributed by atoms with E-state index in [0.717, 1.165) is 15.9 Å². The first-order valence-electron chi connectivity index (χ1n) is 17.1. The van der Waals surface area contributed by atoms with Gasteiger partial charge >= 0.3 is 0 Å². The number of halogens is 1. The van der Waals surface area contributed by atoms with Crippen LogP contribution < -0.4 is 10.4 Å². The van der Waals surface area contributed by atoms with Crippen molar-refractivity contribution in [1.82, 2.24) is 0 Å². The zero-order chi connectivity index (χ0) is 35.5. The van der Waals surface area contributed by atoms with Gasteiger partial charge in [-0.25, -0.2) is 4.39 Å². The number of benzene rings is 3. The fourth-order valence-corrected chi connectivity index (χ4v) is 12.2. The minimum absolute atomic E-state index is 0.159. The number of hydrogen-bond donors (Lipinski definition) is 1. The Morgan fingerprint density at radius 3 is 1.84 bits per heavy atom. The third kappa shape index (κ3) is 7.21. The Morgan fingerprint density at radius 1 is 0.740 bits per heavy atom. The number of fused-ring (bicyclic) bond motifs is 1. The third-order valence-corrected chi connectivity index (χ3v) is 15.0. The van der Waals surface area contributed by atoms with Crippen molar-refractivity contribution in [2.75, 3.05) is 34.5 Å². The van der Waals surface area contributed by atoms with E-state index < -0.39 is 81.1 Å². The van der Waals surface area contributed by atoms with E-state index in [1.807, 2.05) is 66.7 Å². The van der Waals surface area contributed by atoms with Gasteiger partial charge in [-0.15, -0.1) is 0 Å². The van der Waals surface area contributed by atoms with E-state index in [-0.39, 0.29) is 13.2 Å². The SMILES string of the molecule is CO[C@@H]1[C@@H](OC)[C@@H](F)O[C@H](CO[C@H]2O[C@@H]3COC(c4ccccc4)O[C@H]3[C@H](O[Si](c3ccccc3)(c3ccccc3)C(C)(C)C)[C@H]2O)[C@H]1OC. The van der Waals surface area contributed by atoms with Gasteiger partial charge in [-0.3, -0.25) is 0 Å². The molecule has 3 fully saturated rings. The molecule has 0 amide bonds. The maximum Gasteiger partial charge on any atom is 0.261 e. The minimum atomic E-state index is -3.21. The summed E-state index contributed by atoms with van der Waals surface area (Å²) in [5, 5.41) is 14.0. The van der Waals surface area contributed by atoms with E-state index >= 15 is 4.39 Å². The summed E-state index contributed by atoms with van der Waals surface area (Å²) in [5.74, 6) is 0. The number of ether oxygens (including phenoxy) is 8. The van der Waals surface area contributed by atoms with Crippen LogP contribution >= 0.6 is 0 Å². The lowest BCUT2D eigenvalue weighted by Crippen LogP contribution is -2.73. The van der Waals surface area contributed by atoms with Crippen molar-refractivity contribution in [2.45, 2.75) is 93.6 Å². The number of hydrogen-bond acceptors (Lipinski definition) is 10. The van der Waals surface area contributed by atoms with Crippen LogP contribution in [0.2, 0.25) is 5.04 Å². The molecule has 1 N–H and O–H groups in total. The van der Waals surface area contributed by atoms with Crippen LogP contribution in [0, 0.1) is 0 Å². The highest BCUT2D eigenvalue weighted by atomic mass is 28.4. The molecule has 0 aliphatic carbocycles. The molecule has 10 nitrogen and oxygen atoms in total. The van der Waals surface area contributed by atoms with E-state index in [1.54, 1.807) is 0 Å². The molecule has 0 spiro atoms. The van der Waals surface area contributed by atoms with Crippen LogP contribution in [-0.4, -0.2) is 109 Å². The monoisotopic (exact) mass is 712 g/mol. The predicted molar refractivity (Wildman–Crippen MR) is 185 cm³/mol. The number of aliphatic hydroxyl groups excluding tert-OH is 1.